The van der Waals surface area contributed by atoms with Gasteiger partial charge in [0.1, 0.15) is 11.0 Å². The fraction of sp³-hybridized carbons (Fsp3) is 0.300. The zero-order chi connectivity index (χ0) is 19.1. The van der Waals surface area contributed by atoms with Gasteiger partial charge in [0.05, 0.1) is 0 Å². The number of aromatic nitrogens is 2. The average molecular weight is 388 g/mol. The van der Waals surface area contributed by atoms with Gasteiger partial charge in [-0.25, -0.2) is 9.37 Å². The molecule has 0 aliphatic carbocycles. The van der Waals surface area contributed by atoms with Gasteiger partial charge in [0.2, 0.25) is 0 Å². The maximum atomic E-state index is 13.3. The van der Waals surface area contributed by atoms with E-state index in [2.05, 4.69) is 25.6 Å². The molecule has 5 nitrogen and oxygen atoms in total. The highest BCUT2D eigenvalue weighted by atomic mass is 35.5. The Balaban J connectivity index is 1.54. The molecule has 0 fully saturated rings. The summed E-state index contributed by atoms with van der Waals surface area (Å²) in [6, 6.07) is 8.58. The molecule has 142 valence electrons. The number of pyridine rings is 1. The summed E-state index contributed by atoms with van der Waals surface area (Å²) in [5.41, 5.74) is 3.07. The molecule has 7 heteroatoms. The molecule has 2 heterocycles. The van der Waals surface area contributed by atoms with E-state index in [1.54, 1.807) is 12.3 Å². The highest BCUT2D eigenvalue weighted by molar-refractivity contribution is 6.29. The third-order valence-electron chi connectivity index (χ3n) is 4.22. The van der Waals surface area contributed by atoms with Crippen LogP contribution in [0.4, 0.5) is 4.39 Å². The Kier molecular flexibility index (Phi) is 6.65. The van der Waals surface area contributed by atoms with Gasteiger partial charge in [0.15, 0.2) is 5.96 Å². The van der Waals surface area contributed by atoms with Crippen LogP contribution in [0.25, 0.3) is 10.9 Å². The topological polar surface area (TPSA) is 65.1 Å². The van der Waals surface area contributed by atoms with Crippen molar-refractivity contribution in [1.82, 2.24) is 20.6 Å². The number of fused-ring (bicyclic) bond motifs is 1. The minimum absolute atomic E-state index is 0.233. The van der Waals surface area contributed by atoms with E-state index < -0.39 is 0 Å². The van der Waals surface area contributed by atoms with Crippen LogP contribution in [-0.4, -0.2) is 35.6 Å². The van der Waals surface area contributed by atoms with Crippen molar-refractivity contribution in [3.05, 3.63) is 64.8 Å². The molecular weight excluding hydrogens is 365 g/mol. The van der Waals surface area contributed by atoms with Crippen molar-refractivity contribution in [3.63, 3.8) is 0 Å². The number of nitrogens with one attached hydrogen (secondary N) is 3. The van der Waals surface area contributed by atoms with E-state index >= 15 is 0 Å². The van der Waals surface area contributed by atoms with E-state index in [9.17, 15) is 4.39 Å². The minimum atomic E-state index is -0.233. The summed E-state index contributed by atoms with van der Waals surface area (Å²) in [6.07, 6.45) is 5.33. The van der Waals surface area contributed by atoms with Crippen LogP contribution in [0.2, 0.25) is 5.15 Å². The molecule has 3 N–H and O–H groups in total. The van der Waals surface area contributed by atoms with Crippen LogP contribution in [-0.2, 0) is 12.8 Å². The van der Waals surface area contributed by atoms with E-state index in [0.717, 1.165) is 53.9 Å². The van der Waals surface area contributed by atoms with Crippen LogP contribution < -0.4 is 10.6 Å². The normalized spacial score (nSPS) is 11.7. The minimum Gasteiger partial charge on any atom is -0.361 e. The van der Waals surface area contributed by atoms with Gasteiger partial charge in [-0.3, -0.25) is 4.99 Å². The predicted molar refractivity (Wildman–Crippen MR) is 109 cm³/mol. The van der Waals surface area contributed by atoms with E-state index in [4.69, 9.17) is 11.6 Å². The smallest absolute Gasteiger partial charge is 0.191 e. The van der Waals surface area contributed by atoms with Crippen LogP contribution in [0, 0.1) is 5.82 Å². The first kappa shape index (κ1) is 19.2. The second kappa shape index (κ2) is 9.37. The first-order chi connectivity index (χ1) is 13.2. The summed E-state index contributed by atoms with van der Waals surface area (Å²) in [5, 5.41) is 8.12. The van der Waals surface area contributed by atoms with Gasteiger partial charge in [0, 0.05) is 42.9 Å². The summed E-state index contributed by atoms with van der Waals surface area (Å²) < 4.78 is 13.3. The first-order valence-electron chi connectivity index (χ1n) is 9.04. The quantitative estimate of drug-likeness (QED) is 0.329. The van der Waals surface area contributed by atoms with Gasteiger partial charge in [-0.05, 0) is 55.2 Å². The molecular formula is C20H23ClFN5. The lowest BCUT2D eigenvalue weighted by atomic mass is 10.1. The molecule has 1 aromatic carbocycles. The van der Waals surface area contributed by atoms with Crippen LogP contribution in [0.1, 0.15) is 18.1 Å². The molecule has 0 atom stereocenters. The lowest BCUT2D eigenvalue weighted by Gasteiger charge is -2.11. The number of hydrogen-bond acceptors (Lipinski definition) is 2. The third-order valence-corrected chi connectivity index (χ3v) is 4.44. The van der Waals surface area contributed by atoms with Crippen molar-refractivity contribution in [1.29, 1.82) is 0 Å². The Labute approximate surface area is 163 Å². The average Bonchev–Trinajstić information content (AvgIpc) is 3.05. The number of nitrogens with zero attached hydrogens (tertiary/aromatic N) is 2. The second-order valence-electron chi connectivity index (χ2n) is 6.18. The Morgan fingerprint density at radius 3 is 2.89 bits per heavy atom. The molecule has 2 aromatic heterocycles. The molecule has 0 spiro atoms. The molecule has 0 unspecified atom stereocenters. The maximum Gasteiger partial charge on any atom is 0.191 e. The molecule has 0 saturated heterocycles. The van der Waals surface area contributed by atoms with Gasteiger partial charge >= 0.3 is 0 Å². The Hall–Kier alpha value is -2.60. The first-order valence-corrected chi connectivity index (χ1v) is 9.41. The maximum absolute atomic E-state index is 13.3. The zero-order valence-electron chi connectivity index (χ0n) is 15.2. The summed E-state index contributed by atoms with van der Waals surface area (Å²) in [6.45, 7) is 4.22. The second-order valence-corrected chi connectivity index (χ2v) is 6.57. The fourth-order valence-corrected chi connectivity index (χ4v) is 2.99. The highest BCUT2D eigenvalue weighted by Gasteiger charge is 2.05. The van der Waals surface area contributed by atoms with Gasteiger partial charge in [0.25, 0.3) is 0 Å². The lowest BCUT2D eigenvalue weighted by Crippen LogP contribution is -2.38. The number of benzene rings is 1. The van der Waals surface area contributed by atoms with E-state index in [1.807, 2.05) is 25.3 Å². The summed E-state index contributed by atoms with van der Waals surface area (Å²) in [5.74, 6) is 0.550. The number of halogens is 2. The number of aromatic amines is 1. The lowest BCUT2D eigenvalue weighted by molar-refractivity contribution is 0.629. The van der Waals surface area contributed by atoms with Crippen molar-refractivity contribution < 1.29 is 4.39 Å². The van der Waals surface area contributed by atoms with Crippen molar-refractivity contribution in [3.8, 4) is 0 Å². The monoisotopic (exact) mass is 387 g/mol. The number of hydrogen-bond donors (Lipinski definition) is 3. The molecule has 27 heavy (non-hydrogen) atoms. The third kappa shape index (κ3) is 5.44. The number of aliphatic imine (C=N–C) groups is 1. The van der Waals surface area contributed by atoms with E-state index in [0.29, 0.717) is 11.7 Å². The zero-order valence-corrected chi connectivity index (χ0v) is 16.0. The van der Waals surface area contributed by atoms with Gasteiger partial charge in [-0.1, -0.05) is 17.7 Å². The van der Waals surface area contributed by atoms with Crippen LogP contribution in [0.15, 0.2) is 47.7 Å². The van der Waals surface area contributed by atoms with Crippen LogP contribution in [0.3, 0.4) is 0 Å². The Morgan fingerprint density at radius 2 is 2.11 bits per heavy atom. The van der Waals surface area contributed by atoms with Crippen molar-refractivity contribution in [2.24, 2.45) is 4.99 Å². The highest BCUT2D eigenvalue weighted by Crippen LogP contribution is 2.19. The molecule has 0 saturated carbocycles. The van der Waals surface area contributed by atoms with E-state index in [-0.39, 0.29) is 5.82 Å². The van der Waals surface area contributed by atoms with Crippen molar-refractivity contribution in [2.45, 2.75) is 19.8 Å². The summed E-state index contributed by atoms with van der Waals surface area (Å²) in [7, 11) is 0. The molecule has 0 radical (unpaired) electrons. The standard InChI is InChI=1S/C20H23ClFN5/c1-2-23-20(24-9-7-14-3-6-19(21)27-12-14)25-10-8-15-13-26-18-11-16(22)4-5-17(15)18/h3-6,11-13,26H,2,7-10H2,1H3,(H2,23,24,25). The molecule has 3 aromatic rings. The summed E-state index contributed by atoms with van der Waals surface area (Å²) >= 11 is 5.80. The van der Waals surface area contributed by atoms with E-state index in [1.165, 1.54) is 12.1 Å². The molecule has 3 rings (SSSR count). The van der Waals surface area contributed by atoms with Gasteiger partial charge < -0.3 is 15.6 Å². The van der Waals surface area contributed by atoms with Gasteiger partial charge in [-0.15, -0.1) is 0 Å². The van der Waals surface area contributed by atoms with Crippen molar-refractivity contribution >= 4 is 28.5 Å². The van der Waals surface area contributed by atoms with Gasteiger partial charge in [-0.2, -0.15) is 0 Å². The fourth-order valence-electron chi connectivity index (χ4n) is 2.87. The number of H-pyrrole nitrogens is 1. The molecule has 0 amide bonds. The number of guanidine groups is 1. The molecule has 0 aliphatic rings. The Bertz CT molecular complexity index is 904. The Morgan fingerprint density at radius 1 is 1.22 bits per heavy atom. The number of rotatable bonds is 7. The van der Waals surface area contributed by atoms with Crippen molar-refractivity contribution in [2.75, 3.05) is 19.6 Å². The van der Waals surface area contributed by atoms with Crippen LogP contribution in [0.5, 0.6) is 0 Å². The summed E-state index contributed by atoms with van der Waals surface area (Å²) in [4.78, 5) is 11.8. The molecule has 0 bridgehead atoms. The van der Waals surface area contributed by atoms with Crippen LogP contribution >= 0.6 is 11.6 Å². The molecule has 0 aliphatic heterocycles. The largest absolute Gasteiger partial charge is 0.361 e. The predicted octanol–water partition coefficient (Wildman–Crippen LogP) is 3.70. The SMILES string of the molecule is CCNC(=NCCc1c[nH]c2cc(F)ccc12)NCCc1ccc(Cl)nc1.